The average molecular weight is 263 g/mol. The Morgan fingerprint density at radius 3 is 2.75 bits per heavy atom. The van der Waals surface area contributed by atoms with Crippen LogP contribution in [-0.2, 0) is 19.4 Å². The lowest BCUT2D eigenvalue weighted by molar-refractivity contribution is 0.911. The fourth-order valence-electron chi connectivity index (χ4n) is 2.73. The molecule has 0 heterocycles. The van der Waals surface area contributed by atoms with Gasteiger partial charge in [-0.1, -0.05) is 18.2 Å². The van der Waals surface area contributed by atoms with Crippen molar-refractivity contribution in [3.8, 4) is 6.07 Å². The Bertz CT molecular complexity index is 683. The highest BCUT2D eigenvalue weighted by molar-refractivity contribution is 5.68. The minimum Gasteiger partial charge on any atom is -0.397 e. The molecule has 3 nitrogen and oxygen atoms in total. The van der Waals surface area contributed by atoms with Crippen molar-refractivity contribution in [2.24, 2.45) is 0 Å². The maximum absolute atomic E-state index is 8.82. The molecule has 3 heteroatoms. The number of fused-ring (bicyclic) bond motifs is 1. The molecule has 3 rings (SSSR count). The molecule has 0 fully saturated rings. The van der Waals surface area contributed by atoms with Crippen LogP contribution in [0.4, 0.5) is 11.4 Å². The van der Waals surface area contributed by atoms with Gasteiger partial charge in [-0.15, -0.1) is 0 Å². The van der Waals surface area contributed by atoms with E-state index < -0.39 is 0 Å². The van der Waals surface area contributed by atoms with Crippen LogP contribution in [0, 0.1) is 11.3 Å². The number of nitrogens with zero attached hydrogens (tertiary/aromatic N) is 1. The standard InChI is InChI=1S/C17H17N3/c18-10-12-5-7-17(16(19)9-12)20-11-13-4-6-14-2-1-3-15(14)8-13/h4-9,20H,1-3,11,19H2. The number of benzene rings is 2. The van der Waals surface area contributed by atoms with Gasteiger partial charge in [-0.3, -0.25) is 0 Å². The van der Waals surface area contributed by atoms with E-state index in [-0.39, 0.29) is 0 Å². The second-order valence-corrected chi connectivity index (χ2v) is 5.22. The van der Waals surface area contributed by atoms with E-state index in [1.54, 1.807) is 12.1 Å². The molecule has 2 aromatic rings. The molecule has 0 unspecified atom stereocenters. The van der Waals surface area contributed by atoms with Crippen LogP contribution in [0.25, 0.3) is 0 Å². The highest BCUT2D eigenvalue weighted by atomic mass is 14.9. The average Bonchev–Trinajstić information content (AvgIpc) is 2.93. The van der Waals surface area contributed by atoms with Gasteiger partial charge in [-0.25, -0.2) is 0 Å². The molecular weight excluding hydrogens is 246 g/mol. The van der Waals surface area contributed by atoms with E-state index >= 15 is 0 Å². The van der Waals surface area contributed by atoms with Crippen LogP contribution < -0.4 is 11.1 Å². The summed E-state index contributed by atoms with van der Waals surface area (Å²) >= 11 is 0. The summed E-state index contributed by atoms with van der Waals surface area (Å²) in [7, 11) is 0. The summed E-state index contributed by atoms with van der Waals surface area (Å²) in [4.78, 5) is 0. The van der Waals surface area contributed by atoms with Crippen molar-refractivity contribution in [1.29, 1.82) is 5.26 Å². The Kier molecular flexibility index (Phi) is 3.30. The lowest BCUT2D eigenvalue weighted by Gasteiger charge is -2.10. The molecule has 1 aliphatic rings. The Morgan fingerprint density at radius 2 is 1.95 bits per heavy atom. The quantitative estimate of drug-likeness (QED) is 0.836. The first-order chi connectivity index (χ1) is 9.76. The Morgan fingerprint density at radius 1 is 1.10 bits per heavy atom. The van der Waals surface area contributed by atoms with E-state index in [4.69, 9.17) is 11.0 Å². The monoisotopic (exact) mass is 263 g/mol. The first-order valence-electron chi connectivity index (χ1n) is 6.90. The van der Waals surface area contributed by atoms with Crippen LogP contribution in [0.3, 0.4) is 0 Å². The molecule has 0 spiro atoms. The number of nitrogens with one attached hydrogen (secondary N) is 1. The second kappa shape index (κ2) is 5.26. The van der Waals surface area contributed by atoms with Gasteiger partial charge in [0.2, 0.25) is 0 Å². The largest absolute Gasteiger partial charge is 0.397 e. The summed E-state index contributed by atoms with van der Waals surface area (Å²) in [5.74, 6) is 0. The summed E-state index contributed by atoms with van der Waals surface area (Å²) in [6, 6.07) is 14.1. The molecule has 0 atom stereocenters. The maximum atomic E-state index is 8.82. The summed E-state index contributed by atoms with van der Waals surface area (Å²) in [6.45, 7) is 0.753. The van der Waals surface area contributed by atoms with Gasteiger partial charge in [0.25, 0.3) is 0 Å². The molecule has 0 saturated heterocycles. The van der Waals surface area contributed by atoms with Gasteiger partial charge in [0, 0.05) is 6.54 Å². The summed E-state index contributed by atoms with van der Waals surface area (Å²) in [5.41, 5.74) is 12.3. The van der Waals surface area contributed by atoms with Gasteiger partial charge in [0.1, 0.15) is 0 Å². The lowest BCUT2D eigenvalue weighted by atomic mass is 10.1. The predicted octanol–water partition coefficient (Wildman–Crippen LogP) is 3.24. The van der Waals surface area contributed by atoms with Crippen molar-refractivity contribution in [3.05, 3.63) is 58.7 Å². The summed E-state index contributed by atoms with van der Waals surface area (Å²) in [5, 5.41) is 12.2. The number of nitrogens with two attached hydrogens (primary N) is 1. The number of aryl methyl sites for hydroxylation is 2. The second-order valence-electron chi connectivity index (χ2n) is 5.22. The highest BCUT2D eigenvalue weighted by Gasteiger charge is 2.10. The van der Waals surface area contributed by atoms with Crippen molar-refractivity contribution in [1.82, 2.24) is 0 Å². The normalized spacial score (nSPS) is 12.8. The van der Waals surface area contributed by atoms with Crippen molar-refractivity contribution < 1.29 is 0 Å². The van der Waals surface area contributed by atoms with Crippen LogP contribution in [0.5, 0.6) is 0 Å². The summed E-state index contributed by atoms with van der Waals surface area (Å²) in [6.07, 6.45) is 3.68. The molecule has 0 amide bonds. The highest BCUT2D eigenvalue weighted by Crippen LogP contribution is 2.24. The van der Waals surface area contributed by atoms with Gasteiger partial charge >= 0.3 is 0 Å². The van der Waals surface area contributed by atoms with Crippen LogP contribution in [0.2, 0.25) is 0 Å². The number of hydrogen-bond donors (Lipinski definition) is 2. The van der Waals surface area contributed by atoms with E-state index in [0.717, 1.165) is 12.2 Å². The molecule has 0 bridgehead atoms. The Balaban J connectivity index is 1.72. The third-order valence-electron chi connectivity index (χ3n) is 3.83. The molecule has 3 N–H and O–H groups in total. The van der Waals surface area contributed by atoms with E-state index in [2.05, 4.69) is 29.6 Å². The zero-order valence-corrected chi connectivity index (χ0v) is 11.3. The predicted molar refractivity (Wildman–Crippen MR) is 81.4 cm³/mol. The van der Waals surface area contributed by atoms with Crippen LogP contribution in [-0.4, -0.2) is 0 Å². The van der Waals surface area contributed by atoms with Crippen molar-refractivity contribution in [2.45, 2.75) is 25.8 Å². The molecule has 20 heavy (non-hydrogen) atoms. The van der Waals surface area contributed by atoms with Gasteiger partial charge in [0.05, 0.1) is 23.0 Å². The number of nitriles is 1. The number of rotatable bonds is 3. The number of nitrogen functional groups attached to an aromatic ring is 1. The van der Waals surface area contributed by atoms with E-state index in [1.807, 2.05) is 6.07 Å². The molecule has 100 valence electrons. The molecule has 0 radical (unpaired) electrons. The zero-order valence-electron chi connectivity index (χ0n) is 11.3. The third-order valence-corrected chi connectivity index (χ3v) is 3.83. The van der Waals surface area contributed by atoms with Crippen LogP contribution in [0.1, 0.15) is 28.7 Å². The Labute approximate surface area is 119 Å². The van der Waals surface area contributed by atoms with Gasteiger partial charge < -0.3 is 11.1 Å². The smallest absolute Gasteiger partial charge is 0.0992 e. The summed E-state index contributed by atoms with van der Waals surface area (Å²) < 4.78 is 0. The van der Waals surface area contributed by atoms with Crippen molar-refractivity contribution in [3.63, 3.8) is 0 Å². The van der Waals surface area contributed by atoms with Gasteiger partial charge in [-0.05, 0) is 54.2 Å². The number of anilines is 2. The first kappa shape index (κ1) is 12.6. The minimum absolute atomic E-state index is 0.589. The fraction of sp³-hybridized carbons (Fsp3) is 0.235. The van der Waals surface area contributed by atoms with Gasteiger partial charge in [0.15, 0.2) is 0 Å². The Hall–Kier alpha value is -2.47. The van der Waals surface area contributed by atoms with Crippen molar-refractivity contribution >= 4 is 11.4 Å². The molecule has 2 aromatic carbocycles. The molecule has 1 aliphatic carbocycles. The first-order valence-corrected chi connectivity index (χ1v) is 6.90. The zero-order chi connectivity index (χ0) is 13.9. The maximum Gasteiger partial charge on any atom is 0.0992 e. The number of hydrogen-bond acceptors (Lipinski definition) is 3. The van der Waals surface area contributed by atoms with E-state index in [1.165, 1.54) is 36.0 Å². The molecular formula is C17H17N3. The van der Waals surface area contributed by atoms with E-state index in [9.17, 15) is 0 Å². The molecule has 0 saturated carbocycles. The molecule has 0 aliphatic heterocycles. The fourth-order valence-corrected chi connectivity index (χ4v) is 2.73. The lowest BCUT2D eigenvalue weighted by Crippen LogP contribution is -2.03. The SMILES string of the molecule is N#Cc1ccc(NCc2ccc3c(c2)CCC3)c(N)c1. The third kappa shape index (κ3) is 2.46. The minimum atomic E-state index is 0.589. The molecule has 0 aromatic heterocycles. The van der Waals surface area contributed by atoms with Crippen LogP contribution in [0.15, 0.2) is 36.4 Å². The topological polar surface area (TPSA) is 61.8 Å². The van der Waals surface area contributed by atoms with Crippen LogP contribution >= 0.6 is 0 Å². The van der Waals surface area contributed by atoms with E-state index in [0.29, 0.717) is 11.3 Å². The van der Waals surface area contributed by atoms with Gasteiger partial charge in [-0.2, -0.15) is 5.26 Å². The van der Waals surface area contributed by atoms with Crippen molar-refractivity contribution in [2.75, 3.05) is 11.1 Å².